The molecule has 0 heterocycles. The molecule has 0 rings (SSSR count). The van der Waals surface area contributed by atoms with Crippen molar-refractivity contribution in [3.05, 3.63) is 5.08 Å². The zero-order valence-corrected chi connectivity index (χ0v) is 12.2. The summed E-state index contributed by atoms with van der Waals surface area (Å²) < 4.78 is 41.7. The molecule has 9 heteroatoms. The number of nitrogens with zero attached hydrogens (tertiary/aromatic N) is 3. The van der Waals surface area contributed by atoms with Gasteiger partial charge in [0, 0.05) is 22.9 Å². The first-order valence-electron chi connectivity index (χ1n) is 5.99. The molecule has 0 saturated carbocycles. The van der Waals surface area contributed by atoms with Crippen molar-refractivity contribution in [3.8, 4) is 0 Å². The fourth-order valence-corrected chi connectivity index (χ4v) is 2.30. The minimum Gasteiger partial charge on any atom is -0.767 e. The highest BCUT2D eigenvalue weighted by molar-refractivity contribution is 7.95. The highest BCUT2D eigenvalue weighted by Crippen LogP contribution is 2.09. The lowest BCUT2D eigenvalue weighted by Crippen LogP contribution is -2.05. The lowest BCUT2D eigenvalue weighted by molar-refractivity contribution is 0.547. The van der Waals surface area contributed by atoms with Crippen molar-refractivity contribution in [2.45, 2.75) is 51.4 Å². The third-order valence-corrected chi connectivity index (χ3v) is 3.63. The molecule has 0 aliphatic heterocycles. The summed E-state index contributed by atoms with van der Waals surface area (Å²) in [6.45, 7) is 0. The van der Waals surface area contributed by atoms with E-state index in [0.717, 1.165) is 32.1 Å². The molecule has 0 aromatic carbocycles. The Morgan fingerprint density at radius 3 is 2.21 bits per heavy atom. The van der Waals surface area contributed by atoms with Crippen molar-refractivity contribution < 1.29 is 17.2 Å². The van der Waals surface area contributed by atoms with Crippen LogP contribution < -0.4 is 0 Å². The summed E-state index contributed by atoms with van der Waals surface area (Å²) in [5, 5.41) is 14.9. The molecule has 1 atom stereocenters. The molecule has 0 aliphatic rings. The zero-order chi connectivity index (χ0) is 14.5. The zero-order valence-electron chi connectivity index (χ0n) is 10.5. The van der Waals surface area contributed by atoms with E-state index in [0.29, 0.717) is 12.8 Å². The van der Waals surface area contributed by atoms with E-state index >= 15 is 0 Å². The van der Waals surface area contributed by atoms with Gasteiger partial charge in [0.25, 0.3) is 5.39 Å². The van der Waals surface area contributed by atoms with Crippen LogP contribution >= 0.6 is 0 Å². The normalized spacial score (nSPS) is 12.7. The van der Waals surface area contributed by atoms with Crippen LogP contribution in [0.2, 0.25) is 0 Å². The molecule has 0 bridgehead atoms. The average molecular weight is 307 g/mol. The molecule has 0 saturated heterocycles. The maximum Gasteiger partial charge on any atom is 0.339 e. The third-order valence-electron chi connectivity index (χ3n) is 2.45. The highest BCUT2D eigenvalue weighted by Gasteiger charge is 2.05. The van der Waals surface area contributed by atoms with E-state index in [1.165, 1.54) is 5.37 Å². The Morgan fingerprint density at radius 2 is 1.68 bits per heavy atom. The standard InChI is InChI=1S/C10H17N3O4S2/c11-13-12-10(19(16)17)8-6-4-2-1-3-5-7-9-18(14)15/h9H,1-8H2. The Hall–Kier alpha value is -1.11. The Labute approximate surface area is 116 Å². The minimum absolute atomic E-state index is 0.143. The predicted molar refractivity (Wildman–Crippen MR) is 73.4 cm³/mol. The van der Waals surface area contributed by atoms with Crippen molar-refractivity contribution in [1.29, 1.82) is 5.39 Å². The van der Waals surface area contributed by atoms with E-state index in [9.17, 15) is 17.2 Å². The SMILES string of the molecule is N#[N+]N=C(CCCCCCCCC=S(=O)=O)S(=O)[O-]. The van der Waals surface area contributed by atoms with Gasteiger partial charge >= 0.3 is 5.08 Å². The number of hydrogen-bond acceptors (Lipinski definition) is 6. The van der Waals surface area contributed by atoms with E-state index < -0.39 is 21.4 Å². The Kier molecular flexibility index (Phi) is 11.3. The van der Waals surface area contributed by atoms with Crippen LogP contribution in [0.15, 0.2) is 5.10 Å². The Balaban J connectivity index is 3.55. The van der Waals surface area contributed by atoms with Crippen molar-refractivity contribution in [3.63, 3.8) is 0 Å². The lowest BCUT2D eigenvalue weighted by Gasteiger charge is -2.04. The molecular formula is C10H17N3O4S2. The van der Waals surface area contributed by atoms with Crippen LogP contribution in [0.5, 0.6) is 0 Å². The summed E-state index contributed by atoms with van der Waals surface area (Å²) in [5.74, 6) is 0. The van der Waals surface area contributed by atoms with Gasteiger partial charge in [-0.05, 0) is 19.3 Å². The quantitative estimate of drug-likeness (QED) is 0.123. The van der Waals surface area contributed by atoms with Gasteiger partial charge < -0.3 is 4.55 Å². The number of hydrogen-bond donors (Lipinski definition) is 0. The second-order valence-electron chi connectivity index (χ2n) is 3.91. The molecule has 0 aliphatic carbocycles. The van der Waals surface area contributed by atoms with Gasteiger partial charge in [-0.15, -0.1) is 0 Å². The molecule has 19 heavy (non-hydrogen) atoms. The topological polar surface area (TPSA) is 115 Å². The van der Waals surface area contributed by atoms with Crippen LogP contribution in [0, 0.1) is 5.39 Å². The Bertz CT molecular complexity index is 471. The van der Waals surface area contributed by atoms with Gasteiger partial charge in [0.05, 0.1) is 0 Å². The molecule has 0 fully saturated rings. The molecule has 0 radical (unpaired) electrons. The van der Waals surface area contributed by atoms with Crippen molar-refractivity contribution >= 4 is 31.8 Å². The van der Waals surface area contributed by atoms with Gasteiger partial charge in [-0.25, -0.2) is 0 Å². The molecule has 108 valence electrons. The summed E-state index contributed by atoms with van der Waals surface area (Å²) in [6.07, 6.45) is 6.09. The maximum atomic E-state index is 10.6. The van der Waals surface area contributed by atoms with Crippen LogP contribution in [-0.4, -0.2) is 27.6 Å². The monoisotopic (exact) mass is 307 g/mol. The van der Waals surface area contributed by atoms with Crippen LogP contribution in [0.1, 0.15) is 51.4 Å². The highest BCUT2D eigenvalue weighted by atomic mass is 32.2. The molecule has 7 nitrogen and oxygen atoms in total. The summed E-state index contributed by atoms with van der Waals surface area (Å²) in [6, 6.07) is 0. The van der Waals surface area contributed by atoms with E-state index in [4.69, 9.17) is 5.39 Å². The van der Waals surface area contributed by atoms with Crippen LogP contribution in [0.25, 0.3) is 5.08 Å². The van der Waals surface area contributed by atoms with Gasteiger partial charge in [0.2, 0.25) is 10.3 Å². The minimum atomic E-state index is -2.44. The summed E-state index contributed by atoms with van der Waals surface area (Å²) in [4.78, 5) is 0. The largest absolute Gasteiger partial charge is 0.767 e. The first-order valence-corrected chi connectivity index (χ1v) is 8.20. The molecule has 0 amide bonds. The lowest BCUT2D eigenvalue weighted by atomic mass is 10.1. The summed E-state index contributed by atoms with van der Waals surface area (Å²) in [5.41, 5.74) is 0. The number of rotatable bonds is 9. The molecular weight excluding hydrogens is 290 g/mol. The van der Waals surface area contributed by atoms with E-state index in [-0.39, 0.29) is 11.5 Å². The third kappa shape index (κ3) is 11.7. The molecule has 0 spiro atoms. The first kappa shape index (κ1) is 17.9. The molecule has 0 N–H and O–H groups in total. The van der Waals surface area contributed by atoms with Gasteiger partial charge in [0.1, 0.15) is 0 Å². The molecule has 0 aromatic heterocycles. The second kappa shape index (κ2) is 12.0. The number of diazo groups is 1. The average Bonchev–Trinajstić information content (AvgIpc) is 2.34. The molecule has 1 unspecified atom stereocenters. The Morgan fingerprint density at radius 1 is 1.11 bits per heavy atom. The van der Waals surface area contributed by atoms with Gasteiger partial charge in [-0.1, -0.05) is 25.7 Å². The van der Waals surface area contributed by atoms with Gasteiger partial charge in [-0.3, -0.25) is 4.21 Å². The van der Waals surface area contributed by atoms with Crippen LogP contribution in [-0.2, 0) is 21.4 Å². The van der Waals surface area contributed by atoms with E-state index in [1.807, 2.05) is 0 Å². The smallest absolute Gasteiger partial charge is 0.339 e. The van der Waals surface area contributed by atoms with Gasteiger partial charge in [0.15, 0.2) is 10.1 Å². The van der Waals surface area contributed by atoms with Crippen molar-refractivity contribution in [1.82, 2.24) is 0 Å². The fraction of sp³-hybridized carbons (Fsp3) is 0.800. The van der Waals surface area contributed by atoms with E-state index in [2.05, 4.69) is 10.2 Å². The predicted octanol–water partition coefficient (Wildman–Crippen LogP) is 1.83. The maximum absolute atomic E-state index is 10.6. The van der Waals surface area contributed by atoms with Crippen molar-refractivity contribution in [2.75, 3.05) is 0 Å². The first-order chi connectivity index (χ1) is 9.07. The second-order valence-corrected chi connectivity index (χ2v) is 5.70. The van der Waals surface area contributed by atoms with Gasteiger partial charge in [-0.2, -0.15) is 8.42 Å². The van der Waals surface area contributed by atoms with Crippen LogP contribution in [0.4, 0.5) is 0 Å². The molecule has 0 aromatic rings. The summed E-state index contributed by atoms with van der Waals surface area (Å²) in [7, 11) is -2.06. The fourth-order valence-electron chi connectivity index (χ4n) is 1.52. The summed E-state index contributed by atoms with van der Waals surface area (Å²) >= 11 is -2.44. The number of unbranched alkanes of at least 4 members (excludes halogenated alkanes) is 6. The van der Waals surface area contributed by atoms with E-state index in [1.54, 1.807) is 0 Å². The van der Waals surface area contributed by atoms with Crippen molar-refractivity contribution in [2.24, 2.45) is 5.10 Å². The van der Waals surface area contributed by atoms with Crippen LogP contribution in [0.3, 0.4) is 0 Å².